The summed E-state index contributed by atoms with van der Waals surface area (Å²) in [5, 5.41) is 27.9. The van der Waals surface area contributed by atoms with E-state index in [1.165, 1.54) is 57.1 Å². The summed E-state index contributed by atoms with van der Waals surface area (Å²) in [6.07, 6.45) is 21.2. The first-order valence-electron chi connectivity index (χ1n) is 26.8. The van der Waals surface area contributed by atoms with Gasteiger partial charge in [-0.2, -0.15) is 0 Å². The van der Waals surface area contributed by atoms with Gasteiger partial charge in [0, 0.05) is 44.2 Å². The molecule has 13 heteroatoms. The molecule has 0 spiro atoms. The lowest BCUT2D eigenvalue weighted by Gasteiger charge is -2.59. The van der Waals surface area contributed by atoms with Crippen LogP contribution in [0.25, 0.3) is 0 Å². The summed E-state index contributed by atoms with van der Waals surface area (Å²) >= 11 is 0. The Morgan fingerprint density at radius 3 is 2.26 bits per heavy atom. The van der Waals surface area contributed by atoms with Gasteiger partial charge in [-0.05, 0) is 97.4 Å². The molecule has 1 saturated carbocycles. The second-order valence-corrected chi connectivity index (χ2v) is 19.5. The van der Waals surface area contributed by atoms with Crippen LogP contribution in [0.15, 0.2) is 115 Å². The average Bonchev–Trinajstić information content (AvgIpc) is 3.39. The molecular weight excluding hydrogens is 914 g/mol. The van der Waals surface area contributed by atoms with Gasteiger partial charge in [0.25, 0.3) is 0 Å². The van der Waals surface area contributed by atoms with Crippen molar-refractivity contribution in [2.75, 3.05) is 33.0 Å². The number of rotatable bonds is 32. The number of carbonyl (C=O) groups excluding carboxylic acids is 2. The first kappa shape index (κ1) is 55.8. The zero-order valence-corrected chi connectivity index (χ0v) is 42.7. The van der Waals surface area contributed by atoms with E-state index in [0.29, 0.717) is 48.6 Å². The SMILES string of the molecule is C=CCCOC(=O)N(Cc1ccc(F)cc1)[C@H]1CC(=NOCc2ccccc2)C2=C[C@H](CCCCO)[C@@H](CCCCO)[C@@H]3c4cc(OC(=O)NCCCCCCCCCCCC)ccc4O[C@@]1(OCC=C)[C@H]23. The molecule has 0 saturated heterocycles. The van der Waals surface area contributed by atoms with Crippen molar-refractivity contribution in [3.63, 3.8) is 0 Å². The Morgan fingerprint density at radius 1 is 0.861 bits per heavy atom. The van der Waals surface area contributed by atoms with Gasteiger partial charge in [0.1, 0.15) is 30.0 Å². The largest absolute Gasteiger partial charge is 0.459 e. The van der Waals surface area contributed by atoms with Crippen LogP contribution in [0.1, 0.15) is 145 Å². The van der Waals surface area contributed by atoms with E-state index >= 15 is 0 Å². The lowest BCUT2D eigenvalue weighted by molar-refractivity contribution is -0.256. The summed E-state index contributed by atoms with van der Waals surface area (Å²) in [4.78, 5) is 36.0. The molecule has 1 fully saturated rings. The predicted molar refractivity (Wildman–Crippen MR) is 280 cm³/mol. The number of aliphatic hydroxyl groups excluding tert-OH is 2. The number of oxime groups is 1. The molecule has 392 valence electrons. The number of halogens is 1. The minimum Gasteiger partial charge on any atom is -0.459 e. The molecule has 0 unspecified atom stereocenters. The zero-order chi connectivity index (χ0) is 51.0. The molecule has 3 N–H and O–H groups in total. The molecule has 2 aliphatic carbocycles. The first-order chi connectivity index (χ1) is 35.3. The molecule has 0 radical (unpaired) electrons. The van der Waals surface area contributed by atoms with Crippen molar-refractivity contribution in [2.24, 2.45) is 22.9 Å². The van der Waals surface area contributed by atoms with Crippen molar-refractivity contribution >= 4 is 17.9 Å². The molecule has 2 amide bonds. The Bertz CT molecular complexity index is 2200. The second-order valence-electron chi connectivity index (χ2n) is 19.5. The number of nitrogens with one attached hydrogen (secondary N) is 1. The molecular formula is C59H80FN3O9. The molecule has 72 heavy (non-hydrogen) atoms. The van der Waals surface area contributed by atoms with E-state index in [1.54, 1.807) is 35.3 Å². The number of hydrogen-bond acceptors (Lipinski definition) is 10. The number of unbranched alkanes of at least 4 members (excludes halogenated alkanes) is 11. The van der Waals surface area contributed by atoms with Gasteiger partial charge in [-0.3, -0.25) is 4.90 Å². The molecule has 1 aliphatic heterocycles. The smallest absolute Gasteiger partial charge is 0.412 e. The van der Waals surface area contributed by atoms with Gasteiger partial charge in [0.2, 0.25) is 5.79 Å². The number of allylic oxidation sites excluding steroid dienone is 1. The zero-order valence-electron chi connectivity index (χ0n) is 42.7. The summed E-state index contributed by atoms with van der Waals surface area (Å²) in [6.45, 7) is 11.1. The van der Waals surface area contributed by atoms with E-state index in [-0.39, 0.29) is 63.8 Å². The molecule has 3 aliphatic rings. The topological polar surface area (TPSA) is 148 Å². The van der Waals surface area contributed by atoms with Crippen molar-refractivity contribution in [3.05, 3.63) is 132 Å². The maximum atomic E-state index is 14.7. The highest BCUT2D eigenvalue weighted by atomic mass is 19.1. The van der Waals surface area contributed by atoms with Crippen LogP contribution in [0, 0.1) is 23.6 Å². The molecule has 0 bridgehead atoms. The van der Waals surface area contributed by atoms with Crippen LogP contribution >= 0.6 is 0 Å². The summed E-state index contributed by atoms with van der Waals surface area (Å²) in [5.74, 6) is -2.17. The number of fused-ring (bicyclic) bond motifs is 2. The number of benzene rings is 3. The van der Waals surface area contributed by atoms with E-state index in [1.807, 2.05) is 42.5 Å². The molecule has 3 aromatic rings. The molecule has 12 nitrogen and oxygen atoms in total. The fourth-order valence-corrected chi connectivity index (χ4v) is 10.8. The Kier molecular flexibility index (Phi) is 23.2. The van der Waals surface area contributed by atoms with Crippen molar-refractivity contribution in [3.8, 4) is 11.5 Å². The van der Waals surface area contributed by atoms with Crippen molar-refractivity contribution in [1.29, 1.82) is 0 Å². The Hall–Kier alpha value is -5.50. The van der Waals surface area contributed by atoms with Crippen LogP contribution in [0.4, 0.5) is 14.0 Å². The van der Waals surface area contributed by atoms with Gasteiger partial charge in [-0.15, -0.1) is 13.2 Å². The van der Waals surface area contributed by atoms with Crippen LogP contribution in [0.2, 0.25) is 0 Å². The molecule has 1 heterocycles. The second kappa shape index (κ2) is 29.9. The van der Waals surface area contributed by atoms with Crippen LogP contribution < -0.4 is 14.8 Å². The number of ether oxygens (including phenoxy) is 4. The van der Waals surface area contributed by atoms with Gasteiger partial charge in [-0.1, -0.05) is 143 Å². The number of nitrogens with zero attached hydrogens (tertiary/aromatic N) is 2. The Balaban J connectivity index is 1.43. The summed E-state index contributed by atoms with van der Waals surface area (Å²) in [7, 11) is 0. The van der Waals surface area contributed by atoms with Gasteiger partial charge in [0.15, 0.2) is 0 Å². The van der Waals surface area contributed by atoms with E-state index in [0.717, 1.165) is 61.6 Å². The molecule has 0 aromatic heterocycles. The number of hydrogen-bond donors (Lipinski definition) is 3. The van der Waals surface area contributed by atoms with E-state index in [9.17, 15) is 24.2 Å². The normalized spacial score (nSPS) is 21.4. The fourth-order valence-electron chi connectivity index (χ4n) is 10.8. The quantitative estimate of drug-likeness (QED) is 0.0316. The summed E-state index contributed by atoms with van der Waals surface area (Å²) < 4.78 is 40.9. The van der Waals surface area contributed by atoms with Gasteiger partial charge < -0.3 is 39.3 Å². The highest BCUT2D eigenvalue weighted by Gasteiger charge is 2.65. The molecule has 3 aromatic carbocycles. The van der Waals surface area contributed by atoms with E-state index < -0.39 is 35.8 Å². The number of carbonyl (C=O) groups is 2. The Morgan fingerprint density at radius 2 is 1.57 bits per heavy atom. The Labute approximate surface area is 427 Å². The lowest BCUT2D eigenvalue weighted by Crippen LogP contribution is -2.70. The highest BCUT2D eigenvalue weighted by Crippen LogP contribution is 2.62. The summed E-state index contributed by atoms with van der Waals surface area (Å²) in [6, 6.07) is 20.3. The maximum Gasteiger partial charge on any atom is 0.412 e. The monoisotopic (exact) mass is 994 g/mol. The predicted octanol–water partition coefficient (Wildman–Crippen LogP) is 12.9. The van der Waals surface area contributed by atoms with E-state index in [2.05, 4.69) is 31.5 Å². The van der Waals surface area contributed by atoms with Crippen molar-refractivity contribution < 1.29 is 48.0 Å². The van der Waals surface area contributed by atoms with Crippen molar-refractivity contribution in [1.82, 2.24) is 10.2 Å². The van der Waals surface area contributed by atoms with E-state index in [4.69, 9.17) is 28.9 Å². The van der Waals surface area contributed by atoms with Gasteiger partial charge in [0.05, 0.1) is 24.8 Å². The highest BCUT2D eigenvalue weighted by molar-refractivity contribution is 6.03. The van der Waals surface area contributed by atoms with Gasteiger partial charge >= 0.3 is 12.2 Å². The average molecular weight is 994 g/mol. The third-order valence-corrected chi connectivity index (χ3v) is 14.3. The minimum atomic E-state index is -1.58. The van der Waals surface area contributed by atoms with Crippen LogP contribution in [-0.4, -0.2) is 77.8 Å². The fraction of sp³-hybridized carbons (Fsp3) is 0.542. The van der Waals surface area contributed by atoms with Crippen molar-refractivity contribution in [2.45, 2.75) is 153 Å². The van der Waals surface area contributed by atoms with Crippen LogP contribution in [0.3, 0.4) is 0 Å². The van der Waals surface area contributed by atoms with Crippen LogP contribution in [0.5, 0.6) is 11.5 Å². The summed E-state index contributed by atoms with van der Waals surface area (Å²) in [5.41, 5.74) is 3.87. The third-order valence-electron chi connectivity index (χ3n) is 14.3. The maximum absolute atomic E-state index is 14.7. The van der Waals surface area contributed by atoms with Crippen LogP contribution in [-0.2, 0) is 27.5 Å². The first-order valence-corrected chi connectivity index (χ1v) is 26.8. The molecule has 6 atom stereocenters. The standard InChI is InChI=1S/C59H80FN3O9/c1-4-7-9-10-11-12-13-14-15-21-34-61-57(66)71-48-32-33-53-51(40-48)55-49(27-20-23-36-65)46(26-19-22-35-64)39-50-52(62-70-43-45-24-17-16-18-25-45)41-54(59(72-53,56(50)55)69-37-6-3)63(58(67)68-38-8-5-2)42-44-28-30-47(60)31-29-44/h5-6,16-18,24-25,28-33,39-40,46,49,54-56,64-65H,2-4,7-15,19-23,26-27,34-38,41-43H2,1H3,(H,61,66)/t46-,49+,54-,55+,56+,59+/m0/s1. The lowest BCUT2D eigenvalue weighted by atomic mass is 9.55. The number of aliphatic hydroxyl groups is 2. The molecule has 6 rings (SSSR count). The minimum absolute atomic E-state index is 0.0152. The van der Waals surface area contributed by atoms with Gasteiger partial charge in [-0.25, -0.2) is 14.0 Å². The number of amides is 2. The third kappa shape index (κ3) is 15.5.